The topological polar surface area (TPSA) is 80.0 Å². The van der Waals surface area contributed by atoms with Gasteiger partial charge in [-0.2, -0.15) is 0 Å². The van der Waals surface area contributed by atoms with Crippen molar-refractivity contribution in [3.8, 4) is 0 Å². The van der Waals surface area contributed by atoms with Gasteiger partial charge in [-0.1, -0.05) is 17.4 Å². The van der Waals surface area contributed by atoms with Crippen molar-refractivity contribution in [2.75, 3.05) is 16.4 Å². The van der Waals surface area contributed by atoms with Crippen LogP contribution >= 0.6 is 11.3 Å². The number of nitrogens with two attached hydrogens (primary N) is 1. The molecule has 1 heterocycles. The number of nitrogens with zero attached hydrogens (tertiary/aromatic N) is 1. The van der Waals surface area contributed by atoms with Gasteiger partial charge in [-0.3, -0.25) is 4.79 Å². The van der Waals surface area contributed by atoms with Gasteiger partial charge < -0.3 is 16.4 Å². The lowest BCUT2D eigenvalue weighted by atomic mass is 10.2. The number of carbonyl (C=O) groups is 1. The number of aromatic nitrogens is 1. The molecule has 1 amide bonds. The second kappa shape index (κ2) is 6.09. The molecule has 112 valence electrons. The Kier molecular flexibility index (Phi) is 4.42. The summed E-state index contributed by atoms with van der Waals surface area (Å²) in [6, 6.07) is 4.41. The Morgan fingerprint density at radius 3 is 2.81 bits per heavy atom. The molecule has 1 aromatic carbocycles. The van der Waals surface area contributed by atoms with E-state index in [1.807, 2.05) is 13.8 Å². The Balaban J connectivity index is 2.20. The van der Waals surface area contributed by atoms with E-state index in [1.54, 1.807) is 13.0 Å². The molecule has 0 radical (unpaired) electrons. The smallest absolute Gasteiger partial charge is 0.269 e. The molecule has 0 spiro atoms. The van der Waals surface area contributed by atoms with Gasteiger partial charge in [0.05, 0.1) is 0 Å². The van der Waals surface area contributed by atoms with Crippen molar-refractivity contribution in [2.24, 2.45) is 0 Å². The van der Waals surface area contributed by atoms with E-state index in [2.05, 4.69) is 15.6 Å². The second-order valence-corrected chi connectivity index (χ2v) is 5.94. The second-order valence-electron chi connectivity index (χ2n) is 4.95. The molecule has 0 fully saturated rings. The third-order valence-corrected chi connectivity index (χ3v) is 3.72. The molecule has 1 aromatic heterocycles. The van der Waals surface area contributed by atoms with Crippen LogP contribution in [0.5, 0.6) is 0 Å². The van der Waals surface area contributed by atoms with Crippen LogP contribution in [0.2, 0.25) is 0 Å². The zero-order chi connectivity index (χ0) is 15.6. The molecule has 5 nitrogen and oxygen atoms in total. The largest absolute Gasteiger partial charge is 0.382 e. The number of amides is 1. The third-order valence-electron chi connectivity index (χ3n) is 2.72. The molecular formula is C14H17FN4OS. The summed E-state index contributed by atoms with van der Waals surface area (Å²) in [4.78, 5) is 16.6. The van der Waals surface area contributed by atoms with Gasteiger partial charge in [0.1, 0.15) is 16.5 Å². The molecule has 4 N–H and O–H groups in total. The third kappa shape index (κ3) is 3.69. The SMILES string of the molecule is Cc1ccc(F)cc1NC(=O)c1sc(NC(C)C)nc1N. The van der Waals surface area contributed by atoms with E-state index in [0.29, 0.717) is 15.7 Å². The molecule has 0 saturated carbocycles. The summed E-state index contributed by atoms with van der Waals surface area (Å²) >= 11 is 1.17. The van der Waals surface area contributed by atoms with Crippen LogP contribution < -0.4 is 16.4 Å². The van der Waals surface area contributed by atoms with Gasteiger partial charge in [0, 0.05) is 11.7 Å². The fourth-order valence-electron chi connectivity index (χ4n) is 1.71. The van der Waals surface area contributed by atoms with Gasteiger partial charge >= 0.3 is 0 Å². The number of rotatable bonds is 4. The van der Waals surface area contributed by atoms with Gasteiger partial charge in [-0.15, -0.1) is 0 Å². The van der Waals surface area contributed by atoms with E-state index in [0.717, 1.165) is 5.56 Å². The van der Waals surface area contributed by atoms with Crippen LogP contribution in [0.3, 0.4) is 0 Å². The van der Waals surface area contributed by atoms with Gasteiger partial charge in [-0.25, -0.2) is 9.37 Å². The molecule has 0 saturated heterocycles. The molecule has 0 aliphatic heterocycles. The zero-order valence-corrected chi connectivity index (χ0v) is 12.8. The van der Waals surface area contributed by atoms with Crippen LogP contribution in [-0.4, -0.2) is 16.9 Å². The minimum absolute atomic E-state index is 0.162. The van der Waals surface area contributed by atoms with Gasteiger partial charge in [0.15, 0.2) is 5.13 Å². The number of halogens is 1. The highest BCUT2D eigenvalue weighted by molar-refractivity contribution is 7.18. The number of hydrogen-bond acceptors (Lipinski definition) is 5. The van der Waals surface area contributed by atoms with E-state index in [4.69, 9.17) is 5.73 Å². The Hall–Kier alpha value is -2.15. The van der Waals surface area contributed by atoms with Crippen molar-refractivity contribution < 1.29 is 9.18 Å². The maximum Gasteiger partial charge on any atom is 0.269 e. The number of anilines is 3. The van der Waals surface area contributed by atoms with Crippen LogP contribution in [0.15, 0.2) is 18.2 Å². The first-order chi connectivity index (χ1) is 9.86. The van der Waals surface area contributed by atoms with Crippen LogP contribution in [0.4, 0.5) is 21.0 Å². The number of nitrogens with one attached hydrogen (secondary N) is 2. The monoisotopic (exact) mass is 308 g/mol. The maximum absolute atomic E-state index is 13.2. The van der Waals surface area contributed by atoms with Crippen molar-refractivity contribution in [1.29, 1.82) is 0 Å². The van der Waals surface area contributed by atoms with E-state index >= 15 is 0 Å². The molecule has 21 heavy (non-hydrogen) atoms. The van der Waals surface area contributed by atoms with Crippen molar-refractivity contribution in [3.05, 3.63) is 34.5 Å². The molecule has 0 bridgehead atoms. The maximum atomic E-state index is 13.2. The van der Waals surface area contributed by atoms with Gasteiger partial charge in [0.2, 0.25) is 0 Å². The summed E-state index contributed by atoms with van der Waals surface area (Å²) in [5.41, 5.74) is 6.96. The molecular weight excluding hydrogens is 291 g/mol. The van der Waals surface area contributed by atoms with Crippen molar-refractivity contribution in [3.63, 3.8) is 0 Å². The molecule has 0 aliphatic carbocycles. The van der Waals surface area contributed by atoms with E-state index in [1.165, 1.54) is 23.5 Å². The summed E-state index contributed by atoms with van der Waals surface area (Å²) in [6.45, 7) is 5.72. The average molecular weight is 308 g/mol. The Bertz CT molecular complexity index is 669. The first-order valence-corrected chi connectivity index (χ1v) is 7.29. The summed E-state index contributed by atoms with van der Waals surface area (Å²) in [6.07, 6.45) is 0. The highest BCUT2D eigenvalue weighted by Crippen LogP contribution is 2.27. The molecule has 2 rings (SSSR count). The predicted molar refractivity (Wildman–Crippen MR) is 84.4 cm³/mol. The molecule has 0 unspecified atom stereocenters. The molecule has 0 aliphatic rings. The van der Waals surface area contributed by atoms with E-state index < -0.39 is 11.7 Å². The molecule has 7 heteroatoms. The highest BCUT2D eigenvalue weighted by Gasteiger charge is 2.17. The normalized spacial score (nSPS) is 10.7. The summed E-state index contributed by atoms with van der Waals surface area (Å²) < 4.78 is 13.2. The van der Waals surface area contributed by atoms with E-state index in [9.17, 15) is 9.18 Å². The van der Waals surface area contributed by atoms with Crippen LogP contribution in [0.25, 0.3) is 0 Å². The van der Waals surface area contributed by atoms with Crippen molar-refractivity contribution >= 4 is 33.9 Å². The van der Waals surface area contributed by atoms with E-state index in [-0.39, 0.29) is 11.9 Å². The molecule has 0 atom stereocenters. The van der Waals surface area contributed by atoms with Crippen molar-refractivity contribution in [2.45, 2.75) is 26.8 Å². The minimum atomic E-state index is -0.407. The van der Waals surface area contributed by atoms with Crippen molar-refractivity contribution in [1.82, 2.24) is 4.98 Å². The highest BCUT2D eigenvalue weighted by atomic mass is 32.1. The number of nitrogen functional groups attached to an aromatic ring is 1. The molecule has 2 aromatic rings. The lowest BCUT2D eigenvalue weighted by molar-refractivity contribution is 0.103. The first kappa shape index (κ1) is 15.2. The Morgan fingerprint density at radius 1 is 1.43 bits per heavy atom. The summed E-state index contributed by atoms with van der Waals surface area (Å²) in [7, 11) is 0. The Morgan fingerprint density at radius 2 is 2.14 bits per heavy atom. The standard InChI is InChI=1S/C14H17FN4OS/c1-7(2)17-14-19-12(16)11(21-14)13(20)18-10-6-9(15)5-4-8(10)3/h4-7H,16H2,1-3H3,(H,17,19)(H,18,20). The van der Waals surface area contributed by atoms with Crippen LogP contribution in [-0.2, 0) is 0 Å². The number of thiazole rings is 1. The van der Waals surface area contributed by atoms with Gasteiger partial charge in [0.25, 0.3) is 5.91 Å². The first-order valence-electron chi connectivity index (χ1n) is 6.47. The fraction of sp³-hybridized carbons (Fsp3) is 0.286. The number of benzene rings is 1. The quantitative estimate of drug-likeness (QED) is 0.810. The fourth-order valence-corrected chi connectivity index (χ4v) is 2.64. The lowest BCUT2D eigenvalue weighted by Crippen LogP contribution is -2.13. The zero-order valence-electron chi connectivity index (χ0n) is 12.0. The number of hydrogen-bond donors (Lipinski definition) is 3. The van der Waals surface area contributed by atoms with Crippen LogP contribution in [0, 0.1) is 12.7 Å². The minimum Gasteiger partial charge on any atom is -0.382 e. The number of aryl methyl sites for hydroxylation is 1. The van der Waals surface area contributed by atoms with Gasteiger partial charge in [-0.05, 0) is 38.5 Å². The lowest BCUT2D eigenvalue weighted by Gasteiger charge is -2.07. The van der Waals surface area contributed by atoms with Crippen LogP contribution in [0.1, 0.15) is 29.1 Å². The number of carbonyl (C=O) groups excluding carboxylic acids is 1. The Labute approximate surface area is 126 Å². The summed E-state index contributed by atoms with van der Waals surface area (Å²) in [5, 5.41) is 6.34. The average Bonchev–Trinajstić information content (AvgIpc) is 2.74. The summed E-state index contributed by atoms with van der Waals surface area (Å²) in [5.74, 6) is -0.638. The predicted octanol–water partition coefficient (Wildman–Crippen LogP) is 3.25.